The third kappa shape index (κ3) is 2.11. The lowest BCUT2D eigenvalue weighted by atomic mass is 9.77. The lowest BCUT2D eigenvalue weighted by molar-refractivity contribution is -0.128. The van der Waals surface area contributed by atoms with E-state index in [1.165, 1.54) is 25.7 Å². The molecule has 0 aliphatic heterocycles. The Morgan fingerprint density at radius 3 is 2.47 bits per heavy atom. The second-order valence-corrected chi connectivity index (χ2v) is 6.30. The highest BCUT2D eigenvalue weighted by atomic mass is 16.1. The van der Waals surface area contributed by atoms with Gasteiger partial charge in [0.2, 0.25) is 0 Å². The van der Waals surface area contributed by atoms with Gasteiger partial charge >= 0.3 is 0 Å². The van der Waals surface area contributed by atoms with Gasteiger partial charge < -0.3 is 0 Å². The first kappa shape index (κ1) is 11.2. The van der Waals surface area contributed by atoms with Gasteiger partial charge in [-0.15, -0.1) is 0 Å². The summed E-state index contributed by atoms with van der Waals surface area (Å²) >= 11 is 0. The molecule has 86 valence electrons. The molecule has 0 aromatic heterocycles. The minimum absolute atomic E-state index is 0.0815. The predicted molar refractivity (Wildman–Crippen MR) is 62.6 cm³/mol. The van der Waals surface area contributed by atoms with Crippen molar-refractivity contribution in [2.24, 2.45) is 23.2 Å². The molecular formula is C14H24O. The van der Waals surface area contributed by atoms with E-state index < -0.39 is 0 Å². The van der Waals surface area contributed by atoms with E-state index in [4.69, 9.17) is 0 Å². The van der Waals surface area contributed by atoms with E-state index in [0.717, 1.165) is 30.6 Å². The molecule has 0 aromatic carbocycles. The van der Waals surface area contributed by atoms with Crippen molar-refractivity contribution >= 4 is 5.78 Å². The van der Waals surface area contributed by atoms with E-state index in [2.05, 4.69) is 20.8 Å². The van der Waals surface area contributed by atoms with Gasteiger partial charge in [0.05, 0.1) is 0 Å². The second kappa shape index (κ2) is 3.92. The summed E-state index contributed by atoms with van der Waals surface area (Å²) < 4.78 is 0. The highest BCUT2D eigenvalue weighted by molar-refractivity contribution is 5.84. The summed E-state index contributed by atoms with van der Waals surface area (Å²) in [6, 6.07) is 0. The molecule has 3 unspecified atom stereocenters. The molecule has 3 atom stereocenters. The third-order valence-electron chi connectivity index (χ3n) is 4.97. The van der Waals surface area contributed by atoms with Crippen molar-refractivity contribution in [1.29, 1.82) is 0 Å². The number of hydrogen-bond acceptors (Lipinski definition) is 1. The molecule has 0 N–H and O–H groups in total. The zero-order valence-corrected chi connectivity index (χ0v) is 10.4. The fourth-order valence-electron chi connectivity index (χ4n) is 3.34. The molecule has 1 heteroatoms. The molecule has 0 spiro atoms. The maximum Gasteiger partial charge on any atom is 0.138 e. The summed E-state index contributed by atoms with van der Waals surface area (Å²) in [5.41, 5.74) is -0.0815. The molecule has 0 heterocycles. The van der Waals surface area contributed by atoms with Crippen LogP contribution >= 0.6 is 0 Å². The number of rotatable bonds is 4. The summed E-state index contributed by atoms with van der Waals surface area (Å²) in [4.78, 5) is 12.1. The lowest BCUT2D eigenvalue weighted by Crippen LogP contribution is -2.27. The second-order valence-electron chi connectivity index (χ2n) is 6.30. The van der Waals surface area contributed by atoms with Gasteiger partial charge in [-0.3, -0.25) is 4.79 Å². The van der Waals surface area contributed by atoms with Crippen LogP contribution in [0.5, 0.6) is 0 Å². The van der Waals surface area contributed by atoms with Crippen LogP contribution in [0, 0.1) is 23.2 Å². The first-order valence-corrected chi connectivity index (χ1v) is 6.56. The maximum atomic E-state index is 12.1. The Hall–Kier alpha value is -0.330. The first-order chi connectivity index (χ1) is 7.03. The first-order valence-electron chi connectivity index (χ1n) is 6.56. The maximum absolute atomic E-state index is 12.1. The van der Waals surface area contributed by atoms with Crippen molar-refractivity contribution in [3.05, 3.63) is 0 Å². The van der Waals surface area contributed by atoms with E-state index in [1.807, 2.05) is 0 Å². The topological polar surface area (TPSA) is 17.1 Å². The molecule has 2 fully saturated rings. The quantitative estimate of drug-likeness (QED) is 0.686. The van der Waals surface area contributed by atoms with Gasteiger partial charge in [-0.1, -0.05) is 27.2 Å². The van der Waals surface area contributed by atoms with E-state index in [0.29, 0.717) is 5.78 Å². The molecule has 0 aromatic rings. The number of Topliss-reactive ketones (excluding diaryl/α,β-unsaturated/α-hetero) is 1. The van der Waals surface area contributed by atoms with Crippen molar-refractivity contribution in [1.82, 2.24) is 0 Å². The van der Waals surface area contributed by atoms with Crippen LogP contribution in [0.3, 0.4) is 0 Å². The largest absolute Gasteiger partial charge is 0.299 e. The Bertz CT molecular complexity index is 254. The normalized spacial score (nSPS) is 34.7. The summed E-state index contributed by atoms with van der Waals surface area (Å²) in [6.45, 7) is 6.32. The SMILES string of the molecule is CCC(C)(C)C(=O)CC1CC2CCC1C2. The number of ketones is 1. The molecule has 0 radical (unpaired) electrons. The van der Waals surface area contributed by atoms with Gasteiger partial charge in [-0.05, 0) is 43.4 Å². The summed E-state index contributed by atoms with van der Waals surface area (Å²) in [7, 11) is 0. The average molecular weight is 208 g/mol. The van der Waals surface area contributed by atoms with Gasteiger partial charge in [0.15, 0.2) is 0 Å². The van der Waals surface area contributed by atoms with Crippen molar-refractivity contribution in [3.8, 4) is 0 Å². The van der Waals surface area contributed by atoms with Crippen LogP contribution in [0.15, 0.2) is 0 Å². The number of hydrogen-bond donors (Lipinski definition) is 0. The minimum Gasteiger partial charge on any atom is -0.299 e. The predicted octanol–water partition coefficient (Wildman–Crippen LogP) is 3.82. The Morgan fingerprint density at radius 2 is 2.00 bits per heavy atom. The van der Waals surface area contributed by atoms with Crippen molar-refractivity contribution in [3.63, 3.8) is 0 Å². The highest BCUT2D eigenvalue weighted by Crippen LogP contribution is 2.50. The van der Waals surface area contributed by atoms with Crippen LogP contribution in [-0.2, 0) is 4.79 Å². The number of carbonyl (C=O) groups is 1. The van der Waals surface area contributed by atoms with Crippen LogP contribution in [0.25, 0.3) is 0 Å². The van der Waals surface area contributed by atoms with Gasteiger partial charge in [-0.25, -0.2) is 0 Å². The summed E-state index contributed by atoms with van der Waals surface area (Å²) in [5, 5.41) is 0. The smallest absolute Gasteiger partial charge is 0.138 e. The summed E-state index contributed by atoms with van der Waals surface area (Å²) in [5.74, 6) is 3.11. The molecule has 2 bridgehead atoms. The number of fused-ring (bicyclic) bond motifs is 2. The molecule has 2 rings (SSSR count). The molecular weight excluding hydrogens is 184 g/mol. The van der Waals surface area contributed by atoms with E-state index in [-0.39, 0.29) is 5.41 Å². The Morgan fingerprint density at radius 1 is 1.27 bits per heavy atom. The Labute approximate surface area is 93.6 Å². The number of carbonyl (C=O) groups excluding carboxylic acids is 1. The molecule has 2 aliphatic rings. The van der Waals surface area contributed by atoms with Gasteiger partial charge in [0.1, 0.15) is 5.78 Å². The molecule has 15 heavy (non-hydrogen) atoms. The lowest BCUT2D eigenvalue weighted by Gasteiger charge is -2.26. The molecule has 0 saturated heterocycles. The Kier molecular flexibility index (Phi) is 2.92. The van der Waals surface area contributed by atoms with Crippen LogP contribution in [0.1, 0.15) is 59.3 Å². The molecule has 2 saturated carbocycles. The highest BCUT2D eigenvalue weighted by Gasteiger charge is 2.41. The molecule has 1 nitrogen and oxygen atoms in total. The van der Waals surface area contributed by atoms with E-state index >= 15 is 0 Å². The fourth-order valence-corrected chi connectivity index (χ4v) is 3.34. The monoisotopic (exact) mass is 208 g/mol. The third-order valence-corrected chi connectivity index (χ3v) is 4.97. The summed E-state index contributed by atoms with van der Waals surface area (Å²) in [6.07, 6.45) is 7.44. The van der Waals surface area contributed by atoms with Crippen molar-refractivity contribution in [2.75, 3.05) is 0 Å². The van der Waals surface area contributed by atoms with Gasteiger partial charge in [0.25, 0.3) is 0 Å². The van der Waals surface area contributed by atoms with Crippen molar-refractivity contribution in [2.45, 2.75) is 59.3 Å². The van der Waals surface area contributed by atoms with Crippen molar-refractivity contribution < 1.29 is 4.79 Å². The zero-order chi connectivity index (χ0) is 11.1. The zero-order valence-electron chi connectivity index (χ0n) is 10.4. The van der Waals surface area contributed by atoms with E-state index in [9.17, 15) is 4.79 Å². The van der Waals surface area contributed by atoms with Crippen LogP contribution in [-0.4, -0.2) is 5.78 Å². The standard InChI is InChI=1S/C14H24O/c1-4-14(2,3)13(15)9-12-8-10-5-6-11(12)7-10/h10-12H,4-9H2,1-3H3. The fraction of sp³-hybridized carbons (Fsp3) is 0.929. The van der Waals surface area contributed by atoms with Gasteiger partial charge in [0, 0.05) is 11.8 Å². The molecule has 0 amide bonds. The molecule has 2 aliphatic carbocycles. The Balaban J connectivity index is 1.90. The van der Waals surface area contributed by atoms with Crippen LogP contribution in [0.2, 0.25) is 0 Å². The minimum atomic E-state index is -0.0815. The van der Waals surface area contributed by atoms with Gasteiger partial charge in [-0.2, -0.15) is 0 Å². The van der Waals surface area contributed by atoms with E-state index in [1.54, 1.807) is 0 Å². The average Bonchev–Trinajstić information content (AvgIpc) is 2.79. The van der Waals surface area contributed by atoms with Crippen LogP contribution in [0.4, 0.5) is 0 Å². The van der Waals surface area contributed by atoms with Crippen LogP contribution < -0.4 is 0 Å².